The van der Waals surface area contributed by atoms with Crippen molar-refractivity contribution in [3.63, 3.8) is 0 Å². The summed E-state index contributed by atoms with van der Waals surface area (Å²) in [6.45, 7) is 7.60. The average Bonchev–Trinajstić information content (AvgIpc) is 2.68. The maximum absolute atomic E-state index is 2.78. The van der Waals surface area contributed by atoms with Crippen LogP contribution in [0.4, 0.5) is 0 Å². The Balaban J connectivity index is 1.94. The molecular formula is C14H23N. The van der Waals surface area contributed by atoms with E-state index in [4.69, 9.17) is 0 Å². The van der Waals surface area contributed by atoms with Gasteiger partial charge < -0.3 is 0 Å². The molecule has 1 saturated heterocycles. The van der Waals surface area contributed by atoms with Gasteiger partial charge in [-0.1, -0.05) is 18.1 Å². The minimum absolute atomic E-state index is 0.469. The fraction of sp³-hybridized carbons (Fsp3) is 0.857. The standard InChI is InChI=1S/C14H23N/c1-11-6-8-14(2)13-5-3-4-12(13)7-9-15(14)10-11/h11H,3-10H2,1-2H3/t11-,14-/m1/s1. The van der Waals surface area contributed by atoms with Gasteiger partial charge in [0.15, 0.2) is 0 Å². The van der Waals surface area contributed by atoms with E-state index < -0.39 is 0 Å². The Morgan fingerprint density at radius 1 is 1.27 bits per heavy atom. The van der Waals surface area contributed by atoms with E-state index in [1.807, 2.05) is 11.1 Å². The third-order valence-electron chi connectivity index (χ3n) is 5.02. The van der Waals surface area contributed by atoms with Crippen molar-refractivity contribution >= 4 is 0 Å². The predicted molar refractivity (Wildman–Crippen MR) is 63.9 cm³/mol. The molecule has 0 bridgehead atoms. The van der Waals surface area contributed by atoms with E-state index in [9.17, 15) is 0 Å². The third-order valence-corrected chi connectivity index (χ3v) is 5.02. The van der Waals surface area contributed by atoms with Crippen LogP contribution in [0.25, 0.3) is 0 Å². The van der Waals surface area contributed by atoms with Gasteiger partial charge in [-0.15, -0.1) is 0 Å². The van der Waals surface area contributed by atoms with Crippen LogP contribution in [0.1, 0.15) is 52.4 Å². The van der Waals surface area contributed by atoms with E-state index >= 15 is 0 Å². The first-order valence-electron chi connectivity index (χ1n) is 6.66. The van der Waals surface area contributed by atoms with Crippen molar-refractivity contribution in [1.29, 1.82) is 0 Å². The molecule has 2 atom stereocenters. The first-order valence-corrected chi connectivity index (χ1v) is 6.66. The smallest absolute Gasteiger partial charge is 0.0395 e. The molecule has 84 valence electrons. The summed E-state index contributed by atoms with van der Waals surface area (Å²) in [4.78, 5) is 2.78. The highest BCUT2D eigenvalue weighted by atomic mass is 15.2. The van der Waals surface area contributed by atoms with Crippen molar-refractivity contribution < 1.29 is 0 Å². The van der Waals surface area contributed by atoms with Gasteiger partial charge in [-0.2, -0.15) is 0 Å². The lowest BCUT2D eigenvalue weighted by molar-refractivity contribution is 0.0538. The van der Waals surface area contributed by atoms with Crippen LogP contribution in [0.3, 0.4) is 0 Å². The molecule has 1 aliphatic carbocycles. The number of nitrogens with zero attached hydrogens (tertiary/aromatic N) is 1. The number of hydrogen-bond donors (Lipinski definition) is 0. The van der Waals surface area contributed by atoms with Gasteiger partial charge in [0.05, 0.1) is 0 Å². The first kappa shape index (κ1) is 9.89. The Bertz CT molecular complexity index is 304. The SMILES string of the molecule is C[C@@H]1CC[C@]2(C)C3=C(CCC3)CCN2C1. The highest BCUT2D eigenvalue weighted by molar-refractivity contribution is 5.33. The van der Waals surface area contributed by atoms with Crippen LogP contribution in [-0.2, 0) is 0 Å². The molecule has 3 aliphatic rings. The zero-order valence-corrected chi connectivity index (χ0v) is 10.2. The van der Waals surface area contributed by atoms with Crippen LogP contribution in [0.2, 0.25) is 0 Å². The fourth-order valence-electron chi connectivity index (χ4n) is 4.04. The largest absolute Gasteiger partial charge is 0.294 e. The van der Waals surface area contributed by atoms with Crippen LogP contribution in [0, 0.1) is 5.92 Å². The number of rotatable bonds is 0. The molecule has 0 aromatic carbocycles. The lowest BCUT2D eigenvalue weighted by Crippen LogP contribution is -2.55. The van der Waals surface area contributed by atoms with Crippen LogP contribution in [0.15, 0.2) is 11.1 Å². The number of piperidine rings is 1. The second-order valence-electron chi connectivity index (χ2n) is 6.05. The monoisotopic (exact) mass is 205 g/mol. The van der Waals surface area contributed by atoms with Crippen molar-refractivity contribution in [1.82, 2.24) is 4.90 Å². The van der Waals surface area contributed by atoms with Crippen LogP contribution in [-0.4, -0.2) is 23.5 Å². The molecule has 2 heterocycles. The van der Waals surface area contributed by atoms with Gasteiger partial charge in [-0.3, -0.25) is 4.90 Å². The normalized spacial score (nSPS) is 41.6. The van der Waals surface area contributed by atoms with Gasteiger partial charge in [0.2, 0.25) is 0 Å². The molecule has 0 unspecified atom stereocenters. The van der Waals surface area contributed by atoms with E-state index in [2.05, 4.69) is 18.7 Å². The van der Waals surface area contributed by atoms with Crippen molar-refractivity contribution in [2.75, 3.05) is 13.1 Å². The molecule has 0 aromatic rings. The molecule has 15 heavy (non-hydrogen) atoms. The summed E-state index contributed by atoms with van der Waals surface area (Å²) < 4.78 is 0. The Labute approximate surface area is 93.5 Å². The van der Waals surface area contributed by atoms with Gasteiger partial charge in [-0.05, 0) is 51.4 Å². The molecule has 0 aromatic heterocycles. The summed E-state index contributed by atoms with van der Waals surface area (Å²) in [5, 5.41) is 0. The topological polar surface area (TPSA) is 3.24 Å². The van der Waals surface area contributed by atoms with Crippen molar-refractivity contribution in [3.8, 4) is 0 Å². The zero-order valence-electron chi connectivity index (χ0n) is 10.2. The summed E-state index contributed by atoms with van der Waals surface area (Å²) in [5.41, 5.74) is 4.15. The molecule has 0 amide bonds. The van der Waals surface area contributed by atoms with Gasteiger partial charge >= 0.3 is 0 Å². The third kappa shape index (κ3) is 1.39. The van der Waals surface area contributed by atoms with E-state index in [0.717, 1.165) is 5.92 Å². The van der Waals surface area contributed by atoms with Crippen LogP contribution >= 0.6 is 0 Å². The molecule has 1 fully saturated rings. The minimum atomic E-state index is 0.469. The summed E-state index contributed by atoms with van der Waals surface area (Å²) in [5.74, 6) is 0.918. The molecule has 0 saturated carbocycles. The maximum atomic E-state index is 2.78. The maximum Gasteiger partial charge on any atom is 0.0395 e. The summed E-state index contributed by atoms with van der Waals surface area (Å²) >= 11 is 0. The highest BCUT2D eigenvalue weighted by Gasteiger charge is 2.43. The van der Waals surface area contributed by atoms with Crippen molar-refractivity contribution in [3.05, 3.63) is 11.1 Å². The first-order chi connectivity index (χ1) is 7.20. The van der Waals surface area contributed by atoms with E-state index in [1.54, 1.807) is 0 Å². The van der Waals surface area contributed by atoms with Gasteiger partial charge in [0, 0.05) is 18.6 Å². The molecule has 2 aliphatic heterocycles. The zero-order chi connectivity index (χ0) is 10.5. The van der Waals surface area contributed by atoms with Crippen LogP contribution in [0.5, 0.6) is 0 Å². The molecule has 0 N–H and O–H groups in total. The Morgan fingerprint density at radius 2 is 2.13 bits per heavy atom. The van der Waals surface area contributed by atoms with E-state index in [-0.39, 0.29) is 0 Å². The van der Waals surface area contributed by atoms with Crippen molar-refractivity contribution in [2.45, 2.75) is 57.9 Å². The molecule has 1 nitrogen and oxygen atoms in total. The quantitative estimate of drug-likeness (QED) is 0.548. The summed E-state index contributed by atoms with van der Waals surface area (Å²) in [7, 11) is 0. The minimum Gasteiger partial charge on any atom is -0.294 e. The molecule has 1 heteroatoms. The molecule has 3 rings (SSSR count). The molecule has 0 radical (unpaired) electrons. The van der Waals surface area contributed by atoms with Gasteiger partial charge in [0.1, 0.15) is 0 Å². The van der Waals surface area contributed by atoms with Crippen molar-refractivity contribution in [2.24, 2.45) is 5.92 Å². The highest BCUT2D eigenvalue weighted by Crippen LogP contribution is 2.47. The number of hydrogen-bond acceptors (Lipinski definition) is 1. The summed E-state index contributed by atoms with van der Waals surface area (Å²) in [6.07, 6.45) is 8.46. The second kappa shape index (κ2) is 3.35. The fourth-order valence-corrected chi connectivity index (χ4v) is 4.04. The predicted octanol–water partition coefficient (Wildman–Crippen LogP) is 3.36. The second-order valence-corrected chi connectivity index (χ2v) is 6.05. The molecule has 0 spiro atoms. The molecular weight excluding hydrogens is 182 g/mol. The Hall–Kier alpha value is -0.300. The average molecular weight is 205 g/mol. The van der Waals surface area contributed by atoms with Gasteiger partial charge in [0.25, 0.3) is 0 Å². The van der Waals surface area contributed by atoms with E-state index in [1.165, 1.54) is 51.6 Å². The lowest BCUT2D eigenvalue weighted by atomic mass is 9.75. The number of fused-ring (bicyclic) bond motifs is 2. The Kier molecular flexibility index (Phi) is 2.21. The lowest BCUT2D eigenvalue weighted by Gasteiger charge is -2.51. The Morgan fingerprint density at radius 3 is 3.00 bits per heavy atom. The van der Waals surface area contributed by atoms with Crippen LogP contribution < -0.4 is 0 Å². The van der Waals surface area contributed by atoms with Gasteiger partial charge in [-0.25, -0.2) is 0 Å². The summed E-state index contributed by atoms with van der Waals surface area (Å²) in [6, 6.07) is 0. The van der Waals surface area contributed by atoms with E-state index in [0.29, 0.717) is 5.54 Å².